The summed E-state index contributed by atoms with van der Waals surface area (Å²) in [6.07, 6.45) is 0. The van der Waals surface area contributed by atoms with Gasteiger partial charge in [-0.1, -0.05) is 58.5 Å². The van der Waals surface area contributed by atoms with Gasteiger partial charge in [-0.25, -0.2) is 0 Å². The summed E-state index contributed by atoms with van der Waals surface area (Å²) in [5.41, 5.74) is 1.67. The van der Waals surface area contributed by atoms with E-state index in [1.807, 2.05) is 24.3 Å². The molecule has 0 spiro atoms. The highest BCUT2D eigenvalue weighted by Crippen LogP contribution is 2.40. The zero-order valence-corrected chi connectivity index (χ0v) is 19.2. The molecule has 2 rings (SSSR count). The number of ether oxygens (including phenoxy) is 2. The number of hydrogen-bond donors (Lipinski definition) is 0. The molecule has 2 aromatic rings. The normalized spacial score (nSPS) is 13.1. The highest BCUT2D eigenvalue weighted by Gasteiger charge is 2.32. The molecule has 2 aromatic carbocycles. The minimum atomic E-state index is -1.06. The average Bonchev–Trinajstić information content (AvgIpc) is 2.67. The van der Waals surface area contributed by atoms with Gasteiger partial charge in [0, 0.05) is 5.03 Å². The molecular weight excluding hydrogens is 449 g/mol. The molecule has 0 heterocycles. The largest absolute Gasteiger partial charge is 0.497 e. The van der Waals surface area contributed by atoms with Gasteiger partial charge in [0.2, 0.25) is 0 Å². The van der Waals surface area contributed by atoms with Crippen LogP contribution in [0.15, 0.2) is 53.6 Å². The van der Waals surface area contributed by atoms with E-state index in [1.54, 1.807) is 52.3 Å². The first-order valence-electron chi connectivity index (χ1n) is 7.96. The Morgan fingerprint density at radius 3 is 1.59 bits per heavy atom. The molecule has 7 heteroatoms. The summed E-state index contributed by atoms with van der Waals surface area (Å²) in [4.78, 5) is 0. The molecule has 27 heavy (non-hydrogen) atoms. The van der Waals surface area contributed by atoms with E-state index in [4.69, 9.17) is 67.5 Å². The van der Waals surface area contributed by atoms with Crippen molar-refractivity contribution in [3.05, 3.63) is 64.7 Å². The second-order valence-corrected chi connectivity index (χ2v) is 8.53. The lowest BCUT2D eigenvalue weighted by molar-refractivity contribution is 0.414. The number of allylic oxidation sites excluding steroid dienone is 1. The fourth-order valence-electron chi connectivity index (χ4n) is 1.98. The SMILES string of the molecule is COc1ccc(/C(Cl)=C(/C)Cl)cc1.COc1ccc(C(Cl)(Cl)C(C)Cl)cc1. The van der Waals surface area contributed by atoms with Crippen LogP contribution in [0.2, 0.25) is 0 Å². The molecule has 0 fully saturated rings. The third-order valence-corrected chi connectivity index (χ3v) is 6.05. The van der Waals surface area contributed by atoms with E-state index in [-0.39, 0.29) is 5.38 Å². The molecule has 0 aliphatic rings. The van der Waals surface area contributed by atoms with Crippen molar-refractivity contribution >= 4 is 63.0 Å². The minimum absolute atomic E-state index is 0.362. The van der Waals surface area contributed by atoms with Crippen molar-refractivity contribution in [2.45, 2.75) is 23.6 Å². The van der Waals surface area contributed by atoms with Crippen LogP contribution in [0.3, 0.4) is 0 Å². The van der Waals surface area contributed by atoms with Crippen molar-refractivity contribution in [1.82, 2.24) is 0 Å². The van der Waals surface area contributed by atoms with E-state index in [1.165, 1.54) is 0 Å². The lowest BCUT2D eigenvalue weighted by Gasteiger charge is -2.22. The van der Waals surface area contributed by atoms with Crippen LogP contribution < -0.4 is 9.47 Å². The van der Waals surface area contributed by atoms with Crippen LogP contribution in [0.4, 0.5) is 0 Å². The molecule has 148 valence electrons. The number of alkyl halides is 3. The Hall–Kier alpha value is -0.770. The number of benzene rings is 2. The first-order chi connectivity index (χ1) is 12.6. The van der Waals surface area contributed by atoms with Crippen LogP contribution >= 0.6 is 58.0 Å². The molecule has 0 bridgehead atoms. The predicted molar refractivity (Wildman–Crippen MR) is 119 cm³/mol. The number of methoxy groups -OCH3 is 2. The molecule has 0 aliphatic heterocycles. The number of rotatable bonds is 5. The van der Waals surface area contributed by atoms with Crippen LogP contribution in [0.1, 0.15) is 25.0 Å². The van der Waals surface area contributed by atoms with Gasteiger partial charge in [0.15, 0.2) is 4.33 Å². The van der Waals surface area contributed by atoms with Gasteiger partial charge in [0.1, 0.15) is 11.5 Å². The molecule has 0 aromatic heterocycles. The van der Waals surface area contributed by atoms with Gasteiger partial charge in [0.05, 0.1) is 24.6 Å². The summed E-state index contributed by atoms with van der Waals surface area (Å²) >= 11 is 29.7. The quantitative estimate of drug-likeness (QED) is 0.415. The van der Waals surface area contributed by atoms with E-state index in [2.05, 4.69) is 0 Å². The molecule has 0 saturated heterocycles. The van der Waals surface area contributed by atoms with Crippen LogP contribution in [-0.2, 0) is 4.33 Å². The maximum atomic E-state index is 6.08. The summed E-state index contributed by atoms with van der Waals surface area (Å²) in [7, 11) is 3.23. The van der Waals surface area contributed by atoms with E-state index in [0.29, 0.717) is 10.1 Å². The molecule has 1 atom stereocenters. The molecule has 0 saturated carbocycles. The second-order valence-electron chi connectivity index (χ2n) is 5.54. The highest BCUT2D eigenvalue weighted by molar-refractivity contribution is 6.54. The monoisotopic (exact) mass is 468 g/mol. The van der Waals surface area contributed by atoms with Crippen molar-refractivity contribution in [2.24, 2.45) is 0 Å². The Labute approximate surface area is 185 Å². The van der Waals surface area contributed by atoms with Crippen LogP contribution in [0.5, 0.6) is 11.5 Å². The Bertz CT molecular complexity index is 734. The molecule has 0 N–H and O–H groups in total. The summed E-state index contributed by atoms with van der Waals surface area (Å²) < 4.78 is 8.98. The molecule has 0 aliphatic carbocycles. The maximum Gasteiger partial charge on any atom is 0.159 e. The molecule has 0 radical (unpaired) electrons. The Morgan fingerprint density at radius 2 is 1.26 bits per heavy atom. The lowest BCUT2D eigenvalue weighted by Crippen LogP contribution is -2.20. The molecule has 2 nitrogen and oxygen atoms in total. The third-order valence-electron chi connectivity index (χ3n) is 3.62. The van der Waals surface area contributed by atoms with Crippen molar-refractivity contribution in [2.75, 3.05) is 14.2 Å². The van der Waals surface area contributed by atoms with Gasteiger partial charge >= 0.3 is 0 Å². The summed E-state index contributed by atoms with van der Waals surface area (Å²) in [6, 6.07) is 14.6. The van der Waals surface area contributed by atoms with Crippen LogP contribution in [-0.4, -0.2) is 19.6 Å². The summed E-state index contributed by atoms with van der Waals surface area (Å²) in [6.45, 7) is 3.51. The van der Waals surface area contributed by atoms with E-state index in [9.17, 15) is 0 Å². The van der Waals surface area contributed by atoms with Gasteiger partial charge in [-0.3, -0.25) is 0 Å². The molecule has 1 unspecified atom stereocenters. The van der Waals surface area contributed by atoms with Crippen molar-refractivity contribution in [3.63, 3.8) is 0 Å². The van der Waals surface area contributed by atoms with E-state index in [0.717, 1.165) is 22.6 Å². The first-order valence-corrected chi connectivity index (χ1v) is 9.91. The van der Waals surface area contributed by atoms with Crippen LogP contribution in [0.25, 0.3) is 5.03 Å². The van der Waals surface area contributed by atoms with Gasteiger partial charge in [-0.15, -0.1) is 11.6 Å². The highest BCUT2D eigenvalue weighted by atomic mass is 35.5. The van der Waals surface area contributed by atoms with E-state index >= 15 is 0 Å². The molecule has 0 amide bonds. The van der Waals surface area contributed by atoms with Gasteiger partial charge in [-0.2, -0.15) is 0 Å². The van der Waals surface area contributed by atoms with Crippen LogP contribution in [0, 0.1) is 0 Å². The van der Waals surface area contributed by atoms with Gasteiger partial charge in [-0.05, 0) is 61.4 Å². The third kappa shape index (κ3) is 7.29. The fraction of sp³-hybridized carbons (Fsp3) is 0.300. The number of hydrogen-bond acceptors (Lipinski definition) is 2. The zero-order valence-electron chi connectivity index (χ0n) is 15.4. The smallest absolute Gasteiger partial charge is 0.159 e. The van der Waals surface area contributed by atoms with Crippen molar-refractivity contribution in [1.29, 1.82) is 0 Å². The van der Waals surface area contributed by atoms with Crippen molar-refractivity contribution < 1.29 is 9.47 Å². The predicted octanol–water partition coefficient (Wildman–Crippen LogP) is 7.81. The van der Waals surface area contributed by atoms with Crippen molar-refractivity contribution in [3.8, 4) is 11.5 Å². The second kappa shape index (κ2) is 11.3. The van der Waals surface area contributed by atoms with Gasteiger partial charge in [0.25, 0.3) is 0 Å². The molecular formula is C20H21Cl5O2. The van der Waals surface area contributed by atoms with Gasteiger partial charge < -0.3 is 9.47 Å². The zero-order chi connectivity index (χ0) is 20.6. The maximum absolute atomic E-state index is 6.08. The number of halogens is 5. The minimum Gasteiger partial charge on any atom is -0.497 e. The topological polar surface area (TPSA) is 18.5 Å². The Balaban J connectivity index is 0.000000271. The fourth-order valence-corrected chi connectivity index (χ4v) is 2.59. The first kappa shape index (κ1) is 24.3. The van der Waals surface area contributed by atoms with E-state index < -0.39 is 4.33 Å². The Kier molecular flexibility index (Phi) is 10.1. The summed E-state index contributed by atoms with van der Waals surface area (Å²) in [5, 5.41) is 0.801. The summed E-state index contributed by atoms with van der Waals surface area (Å²) in [5.74, 6) is 1.57. The standard InChI is InChI=1S/C10H11Cl3O.C10H10Cl2O/c1-7(11)10(12,13)8-3-5-9(14-2)6-4-8;1-7(11)10(12)8-3-5-9(13-2)6-4-8/h3-7H,1-2H3;3-6H,1-2H3/b;10-7+. The Morgan fingerprint density at radius 1 is 0.852 bits per heavy atom. The average molecular weight is 471 g/mol. The lowest BCUT2D eigenvalue weighted by atomic mass is 10.1.